The first kappa shape index (κ1) is 34.5. The number of benzene rings is 2. The maximum atomic E-state index is 11.0. The highest BCUT2D eigenvalue weighted by Gasteiger charge is 2.53. The summed E-state index contributed by atoms with van der Waals surface area (Å²) in [6, 6.07) is 8.07. The van der Waals surface area contributed by atoms with Crippen LogP contribution in [0.4, 0.5) is 0 Å². The Balaban J connectivity index is 1.49. The molecule has 256 valence electrons. The molecule has 0 amide bonds. The number of aromatic hydroxyl groups is 2. The number of hydrogen-bond donors (Lipinski definition) is 9. The van der Waals surface area contributed by atoms with Crippen molar-refractivity contribution in [2.24, 2.45) is 11.8 Å². The lowest BCUT2D eigenvalue weighted by Crippen LogP contribution is -2.61. The van der Waals surface area contributed by atoms with Crippen molar-refractivity contribution in [3.8, 4) is 23.0 Å². The van der Waals surface area contributed by atoms with Crippen molar-refractivity contribution in [3.63, 3.8) is 0 Å². The molecule has 11 atom stereocenters. The van der Waals surface area contributed by atoms with Gasteiger partial charge in [-0.1, -0.05) is 6.07 Å². The third kappa shape index (κ3) is 6.37. The molecule has 0 bridgehead atoms. The highest BCUT2D eigenvalue weighted by atomic mass is 16.8. The maximum Gasteiger partial charge on any atom is 0.187 e. The molecule has 2 aliphatic heterocycles. The molecule has 3 aliphatic rings. The van der Waals surface area contributed by atoms with Crippen molar-refractivity contribution in [2.75, 3.05) is 47.3 Å². The number of rotatable bonds is 11. The fourth-order valence-electron chi connectivity index (χ4n) is 6.54. The van der Waals surface area contributed by atoms with Gasteiger partial charge in [0.25, 0.3) is 0 Å². The van der Waals surface area contributed by atoms with Gasteiger partial charge in [-0.05, 0) is 59.2 Å². The van der Waals surface area contributed by atoms with Crippen molar-refractivity contribution in [2.45, 2.75) is 61.0 Å². The average Bonchev–Trinajstić information content (AvgIpc) is 3.35. The Bertz CT molecular complexity index is 1340. The molecule has 9 N–H and O–H groups in total. The molecular formula is C31H42O15. The summed E-state index contributed by atoms with van der Waals surface area (Å²) in [6.45, 7) is -2.39. The van der Waals surface area contributed by atoms with Crippen molar-refractivity contribution in [1.82, 2.24) is 0 Å². The number of ether oxygens (including phenoxy) is 6. The van der Waals surface area contributed by atoms with E-state index in [1.807, 2.05) is 0 Å². The van der Waals surface area contributed by atoms with E-state index in [1.165, 1.54) is 20.3 Å². The molecule has 2 saturated heterocycles. The summed E-state index contributed by atoms with van der Waals surface area (Å²) in [5.74, 6) is -1.22. The number of aliphatic hydroxyl groups is 7. The zero-order valence-corrected chi connectivity index (χ0v) is 25.4. The lowest BCUT2D eigenvalue weighted by Gasteiger charge is -2.44. The second kappa shape index (κ2) is 14.1. The van der Waals surface area contributed by atoms with Crippen molar-refractivity contribution >= 4 is 0 Å². The summed E-state index contributed by atoms with van der Waals surface area (Å²) in [7, 11) is 2.84. The first-order valence-electron chi connectivity index (χ1n) is 14.9. The zero-order chi connectivity index (χ0) is 33.3. The minimum absolute atomic E-state index is 0.0889. The second-order valence-electron chi connectivity index (χ2n) is 12.0. The van der Waals surface area contributed by atoms with E-state index in [2.05, 4.69) is 0 Å². The summed E-state index contributed by atoms with van der Waals surface area (Å²) >= 11 is 0. The Kier molecular flexibility index (Phi) is 10.6. The van der Waals surface area contributed by atoms with E-state index in [-0.39, 0.29) is 36.2 Å². The molecule has 2 aromatic rings. The topological polar surface area (TPSA) is 237 Å². The van der Waals surface area contributed by atoms with Crippen LogP contribution in [0.1, 0.15) is 22.6 Å². The van der Waals surface area contributed by atoms with Crippen LogP contribution in [0.5, 0.6) is 23.0 Å². The summed E-state index contributed by atoms with van der Waals surface area (Å²) < 4.78 is 33.8. The molecule has 5 rings (SSSR count). The second-order valence-corrected chi connectivity index (χ2v) is 12.0. The van der Waals surface area contributed by atoms with Crippen molar-refractivity contribution in [3.05, 3.63) is 47.0 Å². The third-order valence-electron chi connectivity index (χ3n) is 9.24. The van der Waals surface area contributed by atoms with Crippen LogP contribution in [0.25, 0.3) is 0 Å². The average molecular weight is 655 g/mol. The number of phenols is 2. The van der Waals surface area contributed by atoms with Gasteiger partial charge < -0.3 is 74.4 Å². The van der Waals surface area contributed by atoms with E-state index >= 15 is 0 Å². The Labute approximate surface area is 264 Å². The Morgan fingerprint density at radius 3 is 2.24 bits per heavy atom. The monoisotopic (exact) mass is 654 g/mol. The SMILES string of the molecule is COc1cc([C@H]2c3cc(O)c(OC)cc3C[C@@H](CO)[C@@H]2CO[C@@H]2O[C@H](CO)[C@@H](O)[C@H](O)[C@H]2O[C@@H]2OC[C@](O)(CO)[C@H]2O)ccc1O. The van der Waals surface area contributed by atoms with E-state index in [0.717, 1.165) is 5.56 Å². The minimum Gasteiger partial charge on any atom is -0.504 e. The van der Waals surface area contributed by atoms with Gasteiger partial charge in [0.2, 0.25) is 0 Å². The normalized spacial score (nSPS) is 35.9. The predicted molar refractivity (Wildman–Crippen MR) is 155 cm³/mol. The van der Waals surface area contributed by atoms with Crippen LogP contribution >= 0.6 is 0 Å². The molecule has 0 radical (unpaired) electrons. The molecule has 15 heteroatoms. The molecule has 0 aromatic heterocycles. The first-order chi connectivity index (χ1) is 22.0. The van der Waals surface area contributed by atoms with Crippen LogP contribution in [0.2, 0.25) is 0 Å². The van der Waals surface area contributed by atoms with Gasteiger partial charge in [0.1, 0.15) is 36.1 Å². The van der Waals surface area contributed by atoms with Gasteiger partial charge in [-0.25, -0.2) is 0 Å². The van der Waals surface area contributed by atoms with Crippen molar-refractivity contribution in [1.29, 1.82) is 0 Å². The molecular weight excluding hydrogens is 612 g/mol. The number of phenolic OH excluding ortho intramolecular Hbond substituents is 2. The molecule has 0 spiro atoms. The van der Waals surface area contributed by atoms with Crippen LogP contribution in [-0.4, -0.2) is 142 Å². The Morgan fingerprint density at radius 1 is 0.891 bits per heavy atom. The largest absolute Gasteiger partial charge is 0.504 e. The van der Waals surface area contributed by atoms with Gasteiger partial charge in [-0.2, -0.15) is 0 Å². The number of hydrogen-bond acceptors (Lipinski definition) is 15. The quantitative estimate of drug-likeness (QED) is 0.131. The van der Waals surface area contributed by atoms with Crippen LogP contribution in [0, 0.1) is 11.8 Å². The Morgan fingerprint density at radius 2 is 1.61 bits per heavy atom. The Hall–Kier alpha value is -2.80. The standard InChI is InChI=1S/C31H42O15/c1-41-21-6-14(3-4-19(21)35)24-17-8-20(36)22(42-2)7-15(17)5-16(9-32)18(24)11-43-29-27(26(38)25(37)23(10-33)45-29)46-30-28(39)31(40,12-34)13-44-30/h3-4,6-8,16,18,23-30,32-40H,5,9-13H2,1-2H3/t16-,18-,23+,24-,25+,26-,27+,28-,29+,30-,31+/m0/s1. The molecule has 2 heterocycles. The van der Waals surface area contributed by atoms with Crippen molar-refractivity contribution < 1.29 is 74.4 Å². The van der Waals surface area contributed by atoms with Gasteiger partial charge in [-0.3, -0.25) is 0 Å². The van der Waals surface area contributed by atoms with E-state index in [9.17, 15) is 46.0 Å². The highest BCUT2D eigenvalue weighted by Crippen LogP contribution is 2.48. The van der Waals surface area contributed by atoms with E-state index in [0.29, 0.717) is 17.5 Å². The van der Waals surface area contributed by atoms with Gasteiger partial charge in [0.15, 0.2) is 35.6 Å². The van der Waals surface area contributed by atoms with Crippen LogP contribution in [0.15, 0.2) is 30.3 Å². The number of methoxy groups -OCH3 is 2. The smallest absolute Gasteiger partial charge is 0.187 e. The molecule has 15 nitrogen and oxygen atoms in total. The van der Waals surface area contributed by atoms with Gasteiger partial charge in [0, 0.05) is 12.5 Å². The predicted octanol–water partition coefficient (Wildman–Crippen LogP) is -1.69. The number of aliphatic hydroxyl groups excluding tert-OH is 6. The lowest BCUT2D eigenvalue weighted by molar-refractivity contribution is -0.338. The molecule has 0 saturated carbocycles. The van der Waals surface area contributed by atoms with Gasteiger partial charge in [-0.15, -0.1) is 0 Å². The highest BCUT2D eigenvalue weighted by molar-refractivity contribution is 5.53. The first-order valence-corrected chi connectivity index (χ1v) is 14.9. The fourth-order valence-corrected chi connectivity index (χ4v) is 6.54. The third-order valence-corrected chi connectivity index (χ3v) is 9.24. The summed E-state index contributed by atoms with van der Waals surface area (Å²) in [6.07, 6.45) is -10.4. The molecule has 2 fully saturated rings. The minimum atomic E-state index is -2.02. The summed E-state index contributed by atoms with van der Waals surface area (Å²) in [5, 5.41) is 93.4. The summed E-state index contributed by atoms with van der Waals surface area (Å²) in [4.78, 5) is 0. The zero-order valence-electron chi connectivity index (χ0n) is 25.4. The van der Waals surface area contributed by atoms with E-state index in [1.54, 1.807) is 24.3 Å². The molecule has 0 unspecified atom stereocenters. The van der Waals surface area contributed by atoms with Gasteiger partial charge >= 0.3 is 0 Å². The maximum absolute atomic E-state index is 11.0. The van der Waals surface area contributed by atoms with Crippen LogP contribution < -0.4 is 9.47 Å². The van der Waals surface area contributed by atoms with E-state index in [4.69, 9.17) is 28.4 Å². The molecule has 2 aromatic carbocycles. The van der Waals surface area contributed by atoms with Crippen LogP contribution in [-0.2, 0) is 25.4 Å². The van der Waals surface area contributed by atoms with Crippen LogP contribution in [0.3, 0.4) is 0 Å². The summed E-state index contributed by atoms with van der Waals surface area (Å²) in [5.41, 5.74) is 0.152. The number of fused-ring (bicyclic) bond motifs is 1. The molecule has 46 heavy (non-hydrogen) atoms. The lowest BCUT2D eigenvalue weighted by atomic mass is 9.67. The fraction of sp³-hybridized carbons (Fsp3) is 0.613. The van der Waals surface area contributed by atoms with E-state index < -0.39 is 86.3 Å². The van der Waals surface area contributed by atoms with Gasteiger partial charge in [0.05, 0.1) is 40.6 Å². The molecule has 1 aliphatic carbocycles.